The van der Waals surface area contributed by atoms with E-state index in [1.807, 2.05) is 33.8 Å². The Bertz CT molecular complexity index is 683. The Labute approximate surface area is 150 Å². The van der Waals surface area contributed by atoms with Crippen LogP contribution in [0, 0.1) is 11.3 Å². The largest absolute Gasteiger partial charge is 0.496 e. The Kier molecular flexibility index (Phi) is 4.57. The fourth-order valence-electron chi connectivity index (χ4n) is 3.27. The van der Waals surface area contributed by atoms with E-state index < -0.39 is 18.3 Å². The van der Waals surface area contributed by atoms with Crippen LogP contribution in [0.3, 0.4) is 0 Å². The molecule has 0 radical (unpaired) electrons. The summed E-state index contributed by atoms with van der Waals surface area (Å²) in [5.74, 6) is 0.757. The molecule has 0 aromatic carbocycles. The van der Waals surface area contributed by atoms with Crippen molar-refractivity contribution in [1.82, 2.24) is 9.88 Å². The molecule has 134 valence electrons. The first-order valence-corrected chi connectivity index (χ1v) is 8.81. The molecule has 7 heteroatoms. The number of rotatable bonds is 3. The van der Waals surface area contributed by atoms with E-state index in [1.54, 1.807) is 6.20 Å². The zero-order valence-electron chi connectivity index (χ0n) is 16.0. The van der Waals surface area contributed by atoms with Crippen LogP contribution in [0.1, 0.15) is 39.7 Å². The normalized spacial score (nSPS) is 24.8. The predicted octanol–water partition coefficient (Wildman–Crippen LogP) is 1.39. The minimum atomic E-state index is -0.494. The molecular formula is C18H27BN4O2. The maximum atomic E-state index is 9.62. The van der Waals surface area contributed by atoms with Crippen molar-refractivity contribution >= 4 is 18.4 Å². The van der Waals surface area contributed by atoms with Crippen LogP contribution in [0.2, 0.25) is 0 Å². The number of aromatic nitrogens is 1. The van der Waals surface area contributed by atoms with E-state index in [1.165, 1.54) is 0 Å². The summed E-state index contributed by atoms with van der Waals surface area (Å²) in [5, 5.41) is 9.62. The minimum Gasteiger partial charge on any atom is -0.399 e. The second-order valence-corrected chi connectivity index (χ2v) is 8.19. The highest BCUT2D eigenvalue weighted by Gasteiger charge is 2.52. The standard InChI is InChI=1S/C18H27BN4O2/c1-17(2)18(3,4)25-19(24-17)14-9-13(10-20)16(21-11-14)23-8-7-15(12-23)22(5)6/h9,11,15H,7-8,12H2,1-6H3/t15-/m0/s1. The van der Waals surface area contributed by atoms with E-state index in [9.17, 15) is 5.26 Å². The first-order chi connectivity index (χ1) is 11.6. The number of nitriles is 1. The summed E-state index contributed by atoms with van der Waals surface area (Å²) in [5.41, 5.74) is 0.558. The fourth-order valence-corrected chi connectivity index (χ4v) is 3.27. The van der Waals surface area contributed by atoms with Crippen molar-refractivity contribution in [2.75, 3.05) is 32.1 Å². The highest BCUT2D eigenvalue weighted by molar-refractivity contribution is 6.62. The van der Waals surface area contributed by atoms with Crippen molar-refractivity contribution in [2.24, 2.45) is 0 Å². The lowest BCUT2D eigenvalue weighted by atomic mass is 9.79. The monoisotopic (exact) mass is 342 g/mol. The third-order valence-corrected chi connectivity index (χ3v) is 5.73. The molecule has 0 N–H and O–H groups in total. The van der Waals surface area contributed by atoms with Crippen LogP contribution < -0.4 is 10.4 Å². The lowest BCUT2D eigenvalue weighted by Gasteiger charge is -2.32. The maximum Gasteiger partial charge on any atom is 0.496 e. The Balaban J connectivity index is 1.83. The van der Waals surface area contributed by atoms with Gasteiger partial charge < -0.3 is 19.1 Å². The Morgan fingerprint density at radius 2 is 1.92 bits per heavy atom. The quantitative estimate of drug-likeness (QED) is 0.774. The van der Waals surface area contributed by atoms with Gasteiger partial charge in [-0.1, -0.05) is 0 Å². The van der Waals surface area contributed by atoms with Gasteiger partial charge in [-0.05, 0) is 54.3 Å². The molecule has 3 rings (SSSR count). The fraction of sp³-hybridized carbons (Fsp3) is 0.667. The lowest BCUT2D eigenvalue weighted by Crippen LogP contribution is -2.41. The van der Waals surface area contributed by atoms with E-state index in [2.05, 4.69) is 34.9 Å². The van der Waals surface area contributed by atoms with Crippen LogP contribution in [0.5, 0.6) is 0 Å². The van der Waals surface area contributed by atoms with Gasteiger partial charge in [-0.2, -0.15) is 5.26 Å². The van der Waals surface area contributed by atoms with E-state index in [-0.39, 0.29) is 0 Å². The SMILES string of the molecule is CN(C)[C@H]1CCN(c2ncc(B3OC(C)(C)C(C)(C)O3)cc2C#N)C1. The zero-order valence-corrected chi connectivity index (χ0v) is 16.0. The number of anilines is 1. The van der Waals surface area contributed by atoms with Gasteiger partial charge in [-0.25, -0.2) is 4.98 Å². The molecule has 0 amide bonds. The van der Waals surface area contributed by atoms with Gasteiger partial charge in [0.1, 0.15) is 11.9 Å². The highest BCUT2D eigenvalue weighted by atomic mass is 16.7. The second-order valence-electron chi connectivity index (χ2n) is 8.19. The van der Waals surface area contributed by atoms with Gasteiger partial charge in [-0.3, -0.25) is 0 Å². The van der Waals surface area contributed by atoms with Gasteiger partial charge in [0.05, 0.1) is 16.8 Å². The molecule has 1 aromatic rings. The van der Waals surface area contributed by atoms with E-state index >= 15 is 0 Å². The highest BCUT2D eigenvalue weighted by Crippen LogP contribution is 2.36. The molecule has 0 unspecified atom stereocenters. The number of hydrogen-bond acceptors (Lipinski definition) is 6. The molecule has 0 aliphatic carbocycles. The van der Waals surface area contributed by atoms with Gasteiger partial charge in [0, 0.05) is 30.8 Å². The van der Waals surface area contributed by atoms with Crippen LogP contribution >= 0.6 is 0 Å². The summed E-state index contributed by atoms with van der Waals surface area (Å²) < 4.78 is 12.1. The average molecular weight is 342 g/mol. The van der Waals surface area contributed by atoms with E-state index in [0.717, 1.165) is 30.8 Å². The van der Waals surface area contributed by atoms with Crippen molar-refractivity contribution in [3.8, 4) is 6.07 Å². The Morgan fingerprint density at radius 3 is 2.44 bits per heavy atom. The molecular weight excluding hydrogens is 315 g/mol. The summed E-state index contributed by atoms with van der Waals surface area (Å²) in [6.45, 7) is 9.89. The van der Waals surface area contributed by atoms with Crippen LogP contribution in [-0.4, -0.2) is 61.4 Å². The van der Waals surface area contributed by atoms with Crippen LogP contribution in [0.15, 0.2) is 12.3 Å². The smallest absolute Gasteiger partial charge is 0.399 e. The molecule has 25 heavy (non-hydrogen) atoms. The number of hydrogen-bond donors (Lipinski definition) is 0. The van der Waals surface area contributed by atoms with Gasteiger partial charge in [0.15, 0.2) is 0 Å². The summed E-state index contributed by atoms with van der Waals surface area (Å²) in [4.78, 5) is 9.01. The first kappa shape index (κ1) is 18.2. The molecule has 2 aliphatic heterocycles. The number of pyridine rings is 1. The maximum absolute atomic E-state index is 9.62. The average Bonchev–Trinajstić information content (AvgIpc) is 3.10. The van der Waals surface area contributed by atoms with Crippen molar-refractivity contribution in [1.29, 1.82) is 5.26 Å². The number of nitrogens with zero attached hydrogens (tertiary/aromatic N) is 4. The van der Waals surface area contributed by atoms with Crippen LogP contribution in [0.4, 0.5) is 5.82 Å². The van der Waals surface area contributed by atoms with Gasteiger partial charge >= 0.3 is 7.12 Å². The van der Waals surface area contributed by atoms with Gasteiger partial charge in [-0.15, -0.1) is 0 Å². The van der Waals surface area contributed by atoms with Gasteiger partial charge in [0.25, 0.3) is 0 Å². The molecule has 2 saturated heterocycles. The Hall–Kier alpha value is -1.62. The lowest BCUT2D eigenvalue weighted by molar-refractivity contribution is 0.00578. The van der Waals surface area contributed by atoms with E-state index in [4.69, 9.17) is 9.31 Å². The number of likely N-dealkylation sites (N-methyl/N-ethyl adjacent to an activating group) is 1. The molecule has 2 fully saturated rings. The van der Waals surface area contributed by atoms with E-state index in [0.29, 0.717) is 11.6 Å². The summed E-state index contributed by atoms with van der Waals surface area (Å²) in [6.07, 6.45) is 2.86. The first-order valence-electron chi connectivity index (χ1n) is 8.81. The molecule has 6 nitrogen and oxygen atoms in total. The molecule has 3 heterocycles. The topological polar surface area (TPSA) is 61.6 Å². The molecule has 0 bridgehead atoms. The van der Waals surface area contributed by atoms with Crippen molar-refractivity contribution in [3.63, 3.8) is 0 Å². The molecule has 2 aliphatic rings. The third kappa shape index (κ3) is 3.26. The van der Waals surface area contributed by atoms with Crippen molar-refractivity contribution in [3.05, 3.63) is 17.8 Å². The van der Waals surface area contributed by atoms with Crippen molar-refractivity contribution in [2.45, 2.75) is 51.4 Å². The van der Waals surface area contributed by atoms with Gasteiger partial charge in [0.2, 0.25) is 0 Å². The summed E-state index contributed by atoms with van der Waals surface area (Å²) in [7, 11) is 3.69. The minimum absolute atomic E-state index is 0.406. The second kappa shape index (κ2) is 6.28. The zero-order chi connectivity index (χ0) is 18.4. The van der Waals surface area contributed by atoms with Crippen LogP contribution in [-0.2, 0) is 9.31 Å². The predicted molar refractivity (Wildman–Crippen MR) is 99.0 cm³/mol. The summed E-state index contributed by atoms with van der Waals surface area (Å²) >= 11 is 0. The van der Waals surface area contributed by atoms with Crippen LogP contribution in [0.25, 0.3) is 0 Å². The summed E-state index contributed by atoms with van der Waals surface area (Å²) in [6, 6.07) is 4.64. The van der Waals surface area contributed by atoms with Crippen molar-refractivity contribution < 1.29 is 9.31 Å². The Morgan fingerprint density at radius 1 is 1.28 bits per heavy atom. The molecule has 0 spiro atoms. The molecule has 1 atom stereocenters. The molecule has 1 aromatic heterocycles. The molecule has 0 saturated carbocycles. The third-order valence-electron chi connectivity index (χ3n) is 5.73.